The second kappa shape index (κ2) is 6.41. The minimum atomic E-state index is 0.503. The maximum absolute atomic E-state index is 6.10. The van der Waals surface area contributed by atoms with E-state index in [1.165, 1.54) is 0 Å². The molecular formula is C22H13ClN4. The second-order valence-corrected chi connectivity index (χ2v) is 6.59. The molecule has 0 aliphatic carbocycles. The standard InChI is InChI=1S/C22H13ClN4/c23-16-11-12-17-18(13-16)25-22-21(24-17)26-19(14-7-3-1-4-8-14)20(27-22)15-9-5-2-6-10-15/h1-13H. The summed E-state index contributed by atoms with van der Waals surface area (Å²) in [5.41, 5.74) is 6.01. The van der Waals surface area contributed by atoms with Gasteiger partial charge in [0, 0.05) is 16.1 Å². The summed E-state index contributed by atoms with van der Waals surface area (Å²) in [6, 6.07) is 25.4. The molecule has 0 atom stereocenters. The average Bonchev–Trinajstić information content (AvgIpc) is 2.72. The van der Waals surface area contributed by atoms with Crippen molar-refractivity contribution in [3.05, 3.63) is 83.9 Å². The van der Waals surface area contributed by atoms with E-state index in [-0.39, 0.29) is 0 Å². The van der Waals surface area contributed by atoms with E-state index in [1.807, 2.05) is 66.7 Å². The van der Waals surface area contributed by atoms with Crippen molar-refractivity contribution in [3.63, 3.8) is 0 Å². The van der Waals surface area contributed by atoms with Gasteiger partial charge in [0.25, 0.3) is 0 Å². The van der Waals surface area contributed by atoms with Crippen molar-refractivity contribution in [2.45, 2.75) is 0 Å². The van der Waals surface area contributed by atoms with Crippen LogP contribution in [0.15, 0.2) is 78.9 Å². The van der Waals surface area contributed by atoms with Crippen LogP contribution in [-0.2, 0) is 0 Å². The Hall–Kier alpha value is -3.37. The van der Waals surface area contributed by atoms with Gasteiger partial charge in [-0.15, -0.1) is 0 Å². The van der Waals surface area contributed by atoms with E-state index in [2.05, 4.69) is 9.97 Å². The van der Waals surface area contributed by atoms with E-state index in [0.29, 0.717) is 21.8 Å². The number of aromatic nitrogens is 4. The van der Waals surface area contributed by atoms with Gasteiger partial charge in [0.05, 0.1) is 22.4 Å². The molecule has 2 heterocycles. The minimum absolute atomic E-state index is 0.503. The average molecular weight is 369 g/mol. The monoisotopic (exact) mass is 368 g/mol. The fourth-order valence-electron chi connectivity index (χ4n) is 3.07. The van der Waals surface area contributed by atoms with Crippen LogP contribution in [0, 0.1) is 0 Å². The molecule has 5 aromatic rings. The van der Waals surface area contributed by atoms with Gasteiger partial charge in [-0.25, -0.2) is 19.9 Å². The van der Waals surface area contributed by atoms with Crippen LogP contribution in [0.4, 0.5) is 0 Å². The smallest absolute Gasteiger partial charge is 0.199 e. The molecule has 27 heavy (non-hydrogen) atoms. The van der Waals surface area contributed by atoms with Gasteiger partial charge >= 0.3 is 0 Å². The predicted molar refractivity (Wildman–Crippen MR) is 109 cm³/mol. The molecule has 0 fully saturated rings. The van der Waals surface area contributed by atoms with Crippen LogP contribution in [0.2, 0.25) is 5.02 Å². The minimum Gasteiger partial charge on any atom is -0.224 e. The molecule has 5 rings (SSSR count). The molecular weight excluding hydrogens is 356 g/mol. The molecule has 0 aliphatic rings. The summed E-state index contributed by atoms with van der Waals surface area (Å²) in [5, 5.41) is 0.619. The number of nitrogens with zero attached hydrogens (tertiary/aromatic N) is 4. The molecule has 0 aliphatic heterocycles. The van der Waals surface area contributed by atoms with E-state index < -0.39 is 0 Å². The molecule has 0 radical (unpaired) electrons. The van der Waals surface area contributed by atoms with Crippen LogP contribution >= 0.6 is 11.6 Å². The van der Waals surface area contributed by atoms with Gasteiger partial charge in [-0.3, -0.25) is 0 Å². The van der Waals surface area contributed by atoms with Crippen LogP contribution in [0.3, 0.4) is 0 Å². The Balaban J connectivity index is 1.85. The first-order chi connectivity index (χ1) is 13.3. The lowest BCUT2D eigenvalue weighted by atomic mass is 10.0. The molecule has 4 nitrogen and oxygen atoms in total. The fourth-order valence-corrected chi connectivity index (χ4v) is 3.24. The Bertz CT molecular complexity index is 1270. The molecule has 3 aromatic carbocycles. The van der Waals surface area contributed by atoms with Gasteiger partial charge in [-0.1, -0.05) is 72.3 Å². The summed E-state index contributed by atoms with van der Waals surface area (Å²) in [6.07, 6.45) is 0. The highest BCUT2D eigenvalue weighted by Crippen LogP contribution is 2.30. The molecule has 2 aromatic heterocycles. The van der Waals surface area contributed by atoms with Crippen molar-refractivity contribution < 1.29 is 0 Å². The molecule has 0 bridgehead atoms. The lowest BCUT2D eigenvalue weighted by Crippen LogP contribution is -1.99. The number of hydrogen-bond acceptors (Lipinski definition) is 4. The van der Waals surface area contributed by atoms with E-state index in [4.69, 9.17) is 21.6 Å². The highest BCUT2D eigenvalue weighted by atomic mass is 35.5. The SMILES string of the molecule is Clc1ccc2nc3nc(-c4ccccc4)c(-c4ccccc4)nc3nc2c1. The van der Waals surface area contributed by atoms with Crippen LogP contribution in [-0.4, -0.2) is 19.9 Å². The third-order valence-corrected chi connectivity index (χ3v) is 4.58. The predicted octanol–water partition coefficient (Wildman–Crippen LogP) is 5.56. The second-order valence-electron chi connectivity index (χ2n) is 6.16. The number of rotatable bonds is 2. The van der Waals surface area contributed by atoms with Crippen LogP contribution < -0.4 is 0 Å². The Labute approximate surface area is 160 Å². The number of fused-ring (bicyclic) bond motifs is 2. The molecule has 0 amide bonds. The summed E-state index contributed by atoms with van der Waals surface area (Å²) in [7, 11) is 0. The lowest BCUT2D eigenvalue weighted by Gasteiger charge is -2.10. The van der Waals surface area contributed by atoms with Gasteiger partial charge in [-0.05, 0) is 18.2 Å². The quantitative estimate of drug-likeness (QED) is 0.383. The van der Waals surface area contributed by atoms with Crippen molar-refractivity contribution >= 4 is 33.9 Å². The summed E-state index contributed by atoms with van der Waals surface area (Å²) >= 11 is 6.10. The zero-order chi connectivity index (χ0) is 18.2. The van der Waals surface area contributed by atoms with Gasteiger partial charge < -0.3 is 0 Å². The van der Waals surface area contributed by atoms with Crippen LogP contribution in [0.1, 0.15) is 0 Å². The highest BCUT2D eigenvalue weighted by Gasteiger charge is 2.15. The van der Waals surface area contributed by atoms with Crippen LogP contribution in [0.5, 0.6) is 0 Å². The third-order valence-electron chi connectivity index (χ3n) is 4.34. The van der Waals surface area contributed by atoms with Crippen LogP contribution in [0.25, 0.3) is 44.8 Å². The summed E-state index contributed by atoms with van der Waals surface area (Å²) in [5.74, 6) is 0. The maximum atomic E-state index is 6.10. The number of benzene rings is 3. The lowest BCUT2D eigenvalue weighted by molar-refractivity contribution is 1.20. The first-order valence-electron chi connectivity index (χ1n) is 8.54. The number of halogens is 1. The van der Waals surface area contributed by atoms with E-state index >= 15 is 0 Å². The van der Waals surface area contributed by atoms with Crippen molar-refractivity contribution in [2.24, 2.45) is 0 Å². The van der Waals surface area contributed by atoms with Crippen molar-refractivity contribution in [1.29, 1.82) is 0 Å². The van der Waals surface area contributed by atoms with Crippen molar-refractivity contribution in [1.82, 2.24) is 19.9 Å². The Kier molecular flexibility index (Phi) is 3.77. The molecule has 0 N–H and O–H groups in total. The molecule has 128 valence electrons. The zero-order valence-electron chi connectivity index (χ0n) is 14.2. The molecule has 0 unspecified atom stereocenters. The van der Waals surface area contributed by atoms with Crippen molar-refractivity contribution in [3.8, 4) is 22.5 Å². The van der Waals surface area contributed by atoms with Gasteiger partial charge in [0.1, 0.15) is 0 Å². The third kappa shape index (κ3) is 2.90. The summed E-state index contributed by atoms with van der Waals surface area (Å²) < 4.78 is 0. The summed E-state index contributed by atoms with van der Waals surface area (Å²) in [6.45, 7) is 0. The summed E-state index contributed by atoms with van der Waals surface area (Å²) in [4.78, 5) is 18.9. The zero-order valence-corrected chi connectivity index (χ0v) is 14.9. The molecule has 0 saturated heterocycles. The Morgan fingerprint density at radius 1 is 0.519 bits per heavy atom. The first kappa shape index (κ1) is 15.9. The molecule has 0 spiro atoms. The van der Waals surface area contributed by atoms with Gasteiger partial charge in [-0.2, -0.15) is 0 Å². The molecule has 5 heteroatoms. The van der Waals surface area contributed by atoms with E-state index in [1.54, 1.807) is 12.1 Å². The Morgan fingerprint density at radius 2 is 1.04 bits per heavy atom. The fraction of sp³-hybridized carbons (Fsp3) is 0. The first-order valence-corrected chi connectivity index (χ1v) is 8.92. The van der Waals surface area contributed by atoms with Gasteiger partial charge in [0.2, 0.25) is 0 Å². The van der Waals surface area contributed by atoms with Crippen molar-refractivity contribution in [2.75, 3.05) is 0 Å². The van der Waals surface area contributed by atoms with E-state index in [0.717, 1.165) is 28.0 Å². The molecule has 0 saturated carbocycles. The normalized spacial score (nSPS) is 11.1. The van der Waals surface area contributed by atoms with Gasteiger partial charge in [0.15, 0.2) is 11.3 Å². The topological polar surface area (TPSA) is 51.6 Å². The number of hydrogen-bond donors (Lipinski definition) is 0. The highest BCUT2D eigenvalue weighted by molar-refractivity contribution is 6.31. The van der Waals surface area contributed by atoms with E-state index in [9.17, 15) is 0 Å². The maximum Gasteiger partial charge on any atom is 0.199 e. The Morgan fingerprint density at radius 3 is 1.59 bits per heavy atom. The largest absolute Gasteiger partial charge is 0.224 e.